The number of hydrogen-bond donors (Lipinski definition) is 1. The summed E-state index contributed by atoms with van der Waals surface area (Å²) in [4.78, 5) is 8.20. The van der Waals surface area contributed by atoms with Crippen LogP contribution in [0, 0.1) is 11.3 Å². The van der Waals surface area contributed by atoms with Gasteiger partial charge < -0.3 is 5.32 Å². The van der Waals surface area contributed by atoms with Gasteiger partial charge in [-0.3, -0.25) is 0 Å². The average Bonchev–Trinajstić information content (AvgIpc) is 2.87. The molecule has 2 aromatic rings. The molecule has 0 spiro atoms. The Kier molecular flexibility index (Phi) is 3.65. The Morgan fingerprint density at radius 1 is 1.50 bits per heavy atom. The first-order chi connectivity index (χ1) is 8.76. The minimum absolute atomic E-state index is 0.141. The van der Waals surface area contributed by atoms with E-state index in [4.69, 9.17) is 5.26 Å². The van der Waals surface area contributed by atoms with Crippen molar-refractivity contribution in [1.29, 1.82) is 5.26 Å². The number of aromatic nitrogens is 4. The maximum Gasteiger partial charge on any atom is 0.252 e. The summed E-state index contributed by atoms with van der Waals surface area (Å²) in [5.41, 5.74) is 1.02. The first kappa shape index (κ1) is 12.2. The zero-order chi connectivity index (χ0) is 13.0. The molecule has 92 valence electrons. The minimum atomic E-state index is 0.141. The molecule has 0 saturated heterocycles. The van der Waals surface area contributed by atoms with E-state index in [1.165, 1.54) is 11.0 Å². The van der Waals surface area contributed by atoms with Gasteiger partial charge in [0.15, 0.2) is 5.82 Å². The molecule has 0 fully saturated rings. The second-order valence-corrected chi connectivity index (χ2v) is 3.82. The van der Waals surface area contributed by atoms with Crippen LogP contribution < -0.4 is 5.32 Å². The molecule has 0 amide bonds. The van der Waals surface area contributed by atoms with Crippen molar-refractivity contribution in [1.82, 2.24) is 25.1 Å². The van der Waals surface area contributed by atoms with E-state index in [1.807, 2.05) is 18.2 Å². The van der Waals surface area contributed by atoms with Crippen LogP contribution >= 0.6 is 0 Å². The van der Waals surface area contributed by atoms with Crippen molar-refractivity contribution >= 4 is 0 Å². The molecule has 1 atom stereocenters. The number of hydrogen-bond acceptors (Lipinski definition) is 5. The van der Waals surface area contributed by atoms with Crippen molar-refractivity contribution in [2.45, 2.75) is 19.9 Å². The maximum atomic E-state index is 8.74. The van der Waals surface area contributed by atoms with Gasteiger partial charge in [-0.1, -0.05) is 13.0 Å². The van der Waals surface area contributed by atoms with Crippen LogP contribution in [-0.2, 0) is 0 Å². The molecular weight excluding hydrogens is 228 g/mol. The number of pyridine rings is 1. The smallest absolute Gasteiger partial charge is 0.252 e. The highest BCUT2D eigenvalue weighted by Gasteiger charge is 2.13. The molecule has 2 heterocycles. The third kappa shape index (κ3) is 2.36. The standard InChI is InChI=1S/C12H14N6/c1-3-14-9(2)10-5-4-6-15-12(10)18-8-16-11(7-13)17-18/h4-6,8-9,14H,3H2,1-2H3. The van der Waals surface area contributed by atoms with E-state index in [-0.39, 0.29) is 11.9 Å². The van der Waals surface area contributed by atoms with Crippen LogP contribution in [0.3, 0.4) is 0 Å². The fourth-order valence-corrected chi connectivity index (χ4v) is 1.77. The summed E-state index contributed by atoms with van der Waals surface area (Å²) in [5.74, 6) is 0.836. The highest BCUT2D eigenvalue weighted by Crippen LogP contribution is 2.18. The van der Waals surface area contributed by atoms with E-state index in [9.17, 15) is 0 Å². The van der Waals surface area contributed by atoms with Crippen molar-refractivity contribution in [3.05, 3.63) is 36.0 Å². The van der Waals surface area contributed by atoms with Gasteiger partial charge in [0.05, 0.1) is 0 Å². The summed E-state index contributed by atoms with van der Waals surface area (Å²) in [6.45, 7) is 4.98. The van der Waals surface area contributed by atoms with Gasteiger partial charge in [-0.15, -0.1) is 5.10 Å². The van der Waals surface area contributed by atoms with E-state index >= 15 is 0 Å². The summed E-state index contributed by atoms with van der Waals surface area (Å²) in [7, 11) is 0. The third-order valence-electron chi connectivity index (χ3n) is 2.60. The molecule has 18 heavy (non-hydrogen) atoms. The van der Waals surface area contributed by atoms with Gasteiger partial charge in [0.2, 0.25) is 0 Å². The molecule has 0 bridgehead atoms. The highest BCUT2D eigenvalue weighted by atomic mass is 15.4. The van der Waals surface area contributed by atoms with E-state index in [0.29, 0.717) is 5.82 Å². The fraction of sp³-hybridized carbons (Fsp3) is 0.333. The minimum Gasteiger partial charge on any atom is -0.310 e. The lowest BCUT2D eigenvalue weighted by Crippen LogP contribution is -2.20. The summed E-state index contributed by atoms with van der Waals surface area (Å²) >= 11 is 0. The summed E-state index contributed by atoms with van der Waals surface area (Å²) in [6.07, 6.45) is 3.20. The van der Waals surface area contributed by atoms with Crippen LogP contribution in [0.5, 0.6) is 0 Å². The van der Waals surface area contributed by atoms with Crippen LogP contribution in [0.15, 0.2) is 24.7 Å². The molecular formula is C12H14N6. The van der Waals surface area contributed by atoms with Gasteiger partial charge in [0.1, 0.15) is 12.4 Å². The number of nitrogens with one attached hydrogen (secondary N) is 1. The molecule has 0 aliphatic carbocycles. The van der Waals surface area contributed by atoms with Crippen molar-refractivity contribution in [2.75, 3.05) is 6.54 Å². The summed E-state index contributed by atoms with van der Waals surface area (Å²) < 4.78 is 1.53. The molecule has 6 heteroatoms. The molecule has 1 unspecified atom stereocenters. The van der Waals surface area contributed by atoms with E-state index in [0.717, 1.165) is 12.1 Å². The van der Waals surface area contributed by atoms with E-state index in [2.05, 4.69) is 34.2 Å². The predicted octanol–water partition coefficient (Wildman–Crippen LogP) is 1.20. The Morgan fingerprint density at radius 3 is 3.00 bits per heavy atom. The zero-order valence-electron chi connectivity index (χ0n) is 10.3. The molecule has 0 aliphatic rings. The fourth-order valence-electron chi connectivity index (χ4n) is 1.77. The van der Waals surface area contributed by atoms with Gasteiger partial charge >= 0.3 is 0 Å². The SMILES string of the molecule is CCNC(C)c1cccnc1-n1cnc(C#N)n1. The normalized spacial score (nSPS) is 12.1. The maximum absolute atomic E-state index is 8.74. The van der Waals surface area contributed by atoms with Gasteiger partial charge in [0.25, 0.3) is 5.82 Å². The monoisotopic (exact) mass is 242 g/mol. The lowest BCUT2D eigenvalue weighted by atomic mass is 10.1. The number of nitriles is 1. The van der Waals surface area contributed by atoms with Gasteiger partial charge in [-0.25, -0.2) is 14.6 Å². The summed E-state index contributed by atoms with van der Waals surface area (Å²) in [6, 6.07) is 5.94. The molecule has 0 saturated carbocycles. The molecule has 6 nitrogen and oxygen atoms in total. The highest BCUT2D eigenvalue weighted by molar-refractivity contribution is 5.35. The first-order valence-corrected chi connectivity index (χ1v) is 5.76. The van der Waals surface area contributed by atoms with Gasteiger partial charge in [-0.2, -0.15) is 5.26 Å². The second kappa shape index (κ2) is 5.38. The van der Waals surface area contributed by atoms with Crippen molar-refractivity contribution in [3.8, 4) is 11.9 Å². The second-order valence-electron chi connectivity index (χ2n) is 3.82. The zero-order valence-corrected chi connectivity index (χ0v) is 10.3. The van der Waals surface area contributed by atoms with E-state index in [1.54, 1.807) is 6.20 Å². The largest absolute Gasteiger partial charge is 0.310 e. The topological polar surface area (TPSA) is 79.4 Å². The molecule has 2 rings (SSSR count). The van der Waals surface area contributed by atoms with E-state index < -0.39 is 0 Å². The lowest BCUT2D eigenvalue weighted by molar-refractivity contribution is 0.589. The van der Waals surface area contributed by atoms with Gasteiger partial charge in [-0.05, 0) is 19.5 Å². The lowest BCUT2D eigenvalue weighted by Gasteiger charge is -2.15. The molecule has 1 N–H and O–H groups in total. The van der Waals surface area contributed by atoms with Crippen molar-refractivity contribution < 1.29 is 0 Å². The van der Waals surface area contributed by atoms with Crippen molar-refractivity contribution in [3.63, 3.8) is 0 Å². The van der Waals surface area contributed by atoms with Gasteiger partial charge in [0, 0.05) is 17.8 Å². The Bertz CT molecular complexity index is 568. The van der Waals surface area contributed by atoms with Crippen LogP contribution in [0.4, 0.5) is 0 Å². The molecule has 0 aliphatic heterocycles. The first-order valence-electron chi connectivity index (χ1n) is 5.76. The number of nitrogens with zero attached hydrogens (tertiary/aromatic N) is 5. The molecule has 0 aromatic carbocycles. The Balaban J connectivity index is 2.41. The van der Waals surface area contributed by atoms with Crippen LogP contribution in [0.25, 0.3) is 5.82 Å². The molecule has 0 radical (unpaired) electrons. The predicted molar refractivity (Wildman–Crippen MR) is 66.0 cm³/mol. The Hall–Kier alpha value is -2.26. The van der Waals surface area contributed by atoms with Crippen LogP contribution in [-0.4, -0.2) is 26.3 Å². The third-order valence-corrected chi connectivity index (χ3v) is 2.60. The van der Waals surface area contributed by atoms with Crippen molar-refractivity contribution in [2.24, 2.45) is 0 Å². The van der Waals surface area contributed by atoms with Crippen LogP contribution in [0.2, 0.25) is 0 Å². The Morgan fingerprint density at radius 2 is 2.33 bits per heavy atom. The number of rotatable bonds is 4. The molecule has 2 aromatic heterocycles. The quantitative estimate of drug-likeness (QED) is 0.871. The van der Waals surface area contributed by atoms with Crippen LogP contribution in [0.1, 0.15) is 31.3 Å². The summed E-state index contributed by atoms with van der Waals surface area (Å²) in [5, 5.41) is 16.1. The average molecular weight is 242 g/mol. The Labute approximate surface area is 105 Å².